The summed E-state index contributed by atoms with van der Waals surface area (Å²) in [7, 11) is 1.68. The van der Waals surface area contributed by atoms with Crippen molar-refractivity contribution in [2.24, 2.45) is 0 Å². The van der Waals surface area contributed by atoms with Crippen molar-refractivity contribution in [3.8, 4) is 5.75 Å². The molecule has 0 fully saturated rings. The number of nitrogens with two attached hydrogens (primary N) is 1. The summed E-state index contributed by atoms with van der Waals surface area (Å²) in [5.74, 6) is 1.87. The standard InChI is InChI=1S/C14H16N2O2/c1-17-11-5-2-9(3-6-11)10-4-7-12-13(8-10)16-18-14(12)15/h2-3,5-6,10H,4,7-8,15H2,1H3. The Morgan fingerprint density at radius 1 is 1.33 bits per heavy atom. The maximum atomic E-state index is 5.74. The van der Waals surface area contributed by atoms with E-state index < -0.39 is 0 Å². The van der Waals surface area contributed by atoms with E-state index in [9.17, 15) is 0 Å². The highest BCUT2D eigenvalue weighted by atomic mass is 16.5. The number of fused-ring (bicyclic) bond motifs is 1. The zero-order valence-corrected chi connectivity index (χ0v) is 10.3. The van der Waals surface area contributed by atoms with Crippen LogP contribution in [0.15, 0.2) is 28.8 Å². The number of aromatic nitrogens is 1. The average Bonchev–Trinajstić information content (AvgIpc) is 2.80. The lowest BCUT2D eigenvalue weighted by Gasteiger charge is -2.21. The molecular formula is C14H16N2O2. The molecule has 0 spiro atoms. The average molecular weight is 244 g/mol. The van der Waals surface area contributed by atoms with E-state index in [1.54, 1.807) is 7.11 Å². The molecule has 0 bridgehead atoms. The van der Waals surface area contributed by atoms with Crippen LogP contribution in [0.2, 0.25) is 0 Å². The molecule has 18 heavy (non-hydrogen) atoms. The molecule has 1 atom stereocenters. The van der Waals surface area contributed by atoms with Gasteiger partial charge in [-0.1, -0.05) is 17.3 Å². The lowest BCUT2D eigenvalue weighted by molar-refractivity contribution is 0.414. The Balaban J connectivity index is 1.82. The van der Waals surface area contributed by atoms with Crippen molar-refractivity contribution >= 4 is 5.88 Å². The summed E-state index contributed by atoms with van der Waals surface area (Å²) in [6, 6.07) is 8.25. The summed E-state index contributed by atoms with van der Waals surface area (Å²) < 4.78 is 10.2. The van der Waals surface area contributed by atoms with Crippen LogP contribution >= 0.6 is 0 Å². The van der Waals surface area contributed by atoms with Crippen LogP contribution in [-0.4, -0.2) is 12.3 Å². The van der Waals surface area contributed by atoms with Gasteiger partial charge in [-0.05, 0) is 36.5 Å². The summed E-state index contributed by atoms with van der Waals surface area (Å²) in [5, 5.41) is 4.04. The molecule has 0 radical (unpaired) electrons. The molecule has 1 aliphatic carbocycles. The van der Waals surface area contributed by atoms with Crippen molar-refractivity contribution in [1.29, 1.82) is 0 Å². The number of hydrogen-bond donors (Lipinski definition) is 1. The van der Waals surface area contributed by atoms with Crippen LogP contribution in [0.5, 0.6) is 5.75 Å². The van der Waals surface area contributed by atoms with Crippen LogP contribution in [0.1, 0.15) is 29.2 Å². The van der Waals surface area contributed by atoms with Gasteiger partial charge in [0.2, 0.25) is 5.88 Å². The summed E-state index contributed by atoms with van der Waals surface area (Å²) >= 11 is 0. The van der Waals surface area contributed by atoms with Crippen LogP contribution in [0.3, 0.4) is 0 Å². The second-order valence-electron chi connectivity index (χ2n) is 4.68. The van der Waals surface area contributed by atoms with Gasteiger partial charge in [-0.15, -0.1) is 0 Å². The van der Waals surface area contributed by atoms with Crippen molar-refractivity contribution in [2.45, 2.75) is 25.2 Å². The predicted octanol–water partition coefficient (Wildman–Crippen LogP) is 2.54. The second-order valence-corrected chi connectivity index (χ2v) is 4.68. The molecule has 1 aromatic heterocycles. The molecule has 0 saturated carbocycles. The van der Waals surface area contributed by atoms with Crippen molar-refractivity contribution < 1.29 is 9.26 Å². The number of nitrogens with zero attached hydrogens (tertiary/aromatic N) is 1. The zero-order valence-electron chi connectivity index (χ0n) is 10.3. The molecule has 94 valence electrons. The van der Waals surface area contributed by atoms with Crippen molar-refractivity contribution in [2.75, 3.05) is 12.8 Å². The molecule has 4 nitrogen and oxygen atoms in total. The summed E-state index contributed by atoms with van der Waals surface area (Å²) in [4.78, 5) is 0. The fourth-order valence-corrected chi connectivity index (χ4v) is 2.60. The Hall–Kier alpha value is -1.97. The molecule has 1 aliphatic rings. The molecule has 0 amide bonds. The first kappa shape index (κ1) is 11.1. The second kappa shape index (κ2) is 4.37. The van der Waals surface area contributed by atoms with Gasteiger partial charge in [-0.2, -0.15) is 0 Å². The lowest BCUT2D eigenvalue weighted by Crippen LogP contribution is -2.12. The molecule has 1 aromatic carbocycles. The number of ether oxygens (including phenoxy) is 1. The van der Waals surface area contributed by atoms with Gasteiger partial charge in [0.1, 0.15) is 5.75 Å². The molecule has 2 aromatic rings. The quantitative estimate of drug-likeness (QED) is 0.881. The summed E-state index contributed by atoms with van der Waals surface area (Å²) in [6.45, 7) is 0. The Labute approximate surface area is 106 Å². The summed E-state index contributed by atoms with van der Waals surface area (Å²) in [5.41, 5.74) is 9.17. The number of nitrogen functional groups attached to an aromatic ring is 1. The van der Waals surface area contributed by atoms with E-state index in [1.807, 2.05) is 12.1 Å². The van der Waals surface area contributed by atoms with Gasteiger partial charge >= 0.3 is 0 Å². The van der Waals surface area contributed by atoms with Crippen LogP contribution in [0.25, 0.3) is 0 Å². The lowest BCUT2D eigenvalue weighted by atomic mass is 9.83. The van der Waals surface area contributed by atoms with Crippen LogP contribution in [0.4, 0.5) is 5.88 Å². The highest BCUT2D eigenvalue weighted by Gasteiger charge is 2.25. The Kier molecular flexibility index (Phi) is 2.70. The third-order valence-electron chi connectivity index (χ3n) is 3.67. The van der Waals surface area contributed by atoms with Gasteiger partial charge in [0.15, 0.2) is 0 Å². The molecule has 4 heteroatoms. The minimum atomic E-state index is 0.484. The van der Waals surface area contributed by atoms with E-state index in [2.05, 4.69) is 17.3 Å². The van der Waals surface area contributed by atoms with Crippen LogP contribution < -0.4 is 10.5 Å². The maximum Gasteiger partial charge on any atom is 0.225 e. The Bertz CT molecular complexity index is 545. The first-order chi connectivity index (χ1) is 8.78. The van der Waals surface area contributed by atoms with Gasteiger partial charge in [-0.25, -0.2) is 0 Å². The van der Waals surface area contributed by atoms with E-state index in [-0.39, 0.29) is 0 Å². The topological polar surface area (TPSA) is 61.3 Å². The molecule has 2 N–H and O–H groups in total. The Morgan fingerprint density at radius 3 is 2.83 bits per heavy atom. The third kappa shape index (κ3) is 1.83. The SMILES string of the molecule is COc1ccc(C2CCc3c(noc3N)C2)cc1. The number of anilines is 1. The first-order valence-electron chi connectivity index (χ1n) is 6.14. The Morgan fingerprint density at radius 2 is 2.11 bits per heavy atom. The normalized spacial score (nSPS) is 18.4. The van der Waals surface area contributed by atoms with E-state index in [0.717, 1.165) is 36.3 Å². The first-order valence-corrected chi connectivity index (χ1v) is 6.14. The van der Waals surface area contributed by atoms with Gasteiger partial charge < -0.3 is 15.0 Å². The van der Waals surface area contributed by atoms with Gasteiger partial charge in [0, 0.05) is 12.0 Å². The van der Waals surface area contributed by atoms with Crippen molar-refractivity contribution in [3.05, 3.63) is 41.1 Å². The molecule has 0 aliphatic heterocycles. The molecule has 0 saturated heterocycles. The summed E-state index contributed by atoms with van der Waals surface area (Å²) in [6.07, 6.45) is 2.94. The minimum absolute atomic E-state index is 0.484. The van der Waals surface area contributed by atoms with E-state index in [0.29, 0.717) is 11.8 Å². The number of hydrogen-bond acceptors (Lipinski definition) is 4. The molecular weight excluding hydrogens is 228 g/mol. The smallest absolute Gasteiger partial charge is 0.225 e. The van der Waals surface area contributed by atoms with Crippen LogP contribution in [0, 0.1) is 0 Å². The number of benzene rings is 1. The van der Waals surface area contributed by atoms with Crippen molar-refractivity contribution in [1.82, 2.24) is 5.16 Å². The van der Waals surface area contributed by atoms with Gasteiger partial charge in [0.25, 0.3) is 0 Å². The van der Waals surface area contributed by atoms with E-state index in [1.165, 1.54) is 5.56 Å². The van der Waals surface area contributed by atoms with Gasteiger partial charge in [-0.3, -0.25) is 0 Å². The fourth-order valence-electron chi connectivity index (χ4n) is 2.60. The van der Waals surface area contributed by atoms with E-state index >= 15 is 0 Å². The predicted molar refractivity (Wildman–Crippen MR) is 68.7 cm³/mol. The van der Waals surface area contributed by atoms with E-state index in [4.69, 9.17) is 15.0 Å². The van der Waals surface area contributed by atoms with Crippen LogP contribution in [-0.2, 0) is 12.8 Å². The zero-order chi connectivity index (χ0) is 12.5. The van der Waals surface area contributed by atoms with Gasteiger partial charge in [0.05, 0.1) is 12.8 Å². The fraction of sp³-hybridized carbons (Fsp3) is 0.357. The third-order valence-corrected chi connectivity index (χ3v) is 3.67. The number of methoxy groups -OCH3 is 1. The highest BCUT2D eigenvalue weighted by molar-refractivity contribution is 5.42. The monoisotopic (exact) mass is 244 g/mol. The minimum Gasteiger partial charge on any atom is -0.497 e. The molecule has 1 unspecified atom stereocenters. The highest BCUT2D eigenvalue weighted by Crippen LogP contribution is 2.35. The van der Waals surface area contributed by atoms with Crippen molar-refractivity contribution in [3.63, 3.8) is 0 Å². The largest absolute Gasteiger partial charge is 0.497 e. The number of rotatable bonds is 2. The molecule has 3 rings (SSSR count). The maximum absolute atomic E-state index is 5.74. The molecule has 1 heterocycles.